The van der Waals surface area contributed by atoms with Crippen molar-refractivity contribution in [3.63, 3.8) is 0 Å². The summed E-state index contributed by atoms with van der Waals surface area (Å²) in [6.07, 6.45) is 2.40. The van der Waals surface area contributed by atoms with E-state index in [1.54, 1.807) is 12.1 Å². The van der Waals surface area contributed by atoms with E-state index in [0.717, 1.165) is 12.0 Å². The van der Waals surface area contributed by atoms with Gasteiger partial charge >= 0.3 is 12.6 Å². The first kappa shape index (κ1) is 17.2. The average Bonchev–Trinajstić information content (AvgIpc) is 2.53. The molecule has 5 nitrogen and oxygen atoms in total. The van der Waals surface area contributed by atoms with Crippen LogP contribution in [0.15, 0.2) is 24.3 Å². The van der Waals surface area contributed by atoms with Gasteiger partial charge in [-0.15, -0.1) is 0 Å². The van der Waals surface area contributed by atoms with Gasteiger partial charge in [0.1, 0.15) is 5.75 Å². The molecule has 1 fully saturated rings. The lowest BCUT2D eigenvalue weighted by Crippen LogP contribution is -2.35. The van der Waals surface area contributed by atoms with Gasteiger partial charge in [0, 0.05) is 12.5 Å². The molecule has 2 rings (SSSR count). The molecule has 1 aliphatic carbocycles. The summed E-state index contributed by atoms with van der Waals surface area (Å²) in [7, 11) is 0. The van der Waals surface area contributed by atoms with Crippen molar-refractivity contribution in [3.05, 3.63) is 29.8 Å². The van der Waals surface area contributed by atoms with Crippen molar-refractivity contribution < 1.29 is 28.2 Å². The lowest BCUT2D eigenvalue weighted by atomic mass is 9.81. The number of hydrogen-bond acceptors (Lipinski definition) is 3. The zero-order valence-electron chi connectivity index (χ0n) is 12.5. The monoisotopic (exact) mass is 327 g/mol. The summed E-state index contributed by atoms with van der Waals surface area (Å²) in [4.78, 5) is 23.1. The third-order valence-electron chi connectivity index (χ3n) is 4.01. The molecule has 0 radical (unpaired) electrons. The van der Waals surface area contributed by atoms with Gasteiger partial charge in [0.2, 0.25) is 5.91 Å². The maximum absolute atomic E-state index is 12.1. The van der Waals surface area contributed by atoms with Crippen molar-refractivity contribution in [2.75, 3.05) is 0 Å². The number of rotatable bonds is 6. The van der Waals surface area contributed by atoms with Crippen molar-refractivity contribution in [1.29, 1.82) is 0 Å². The van der Waals surface area contributed by atoms with Gasteiger partial charge < -0.3 is 15.2 Å². The van der Waals surface area contributed by atoms with Gasteiger partial charge in [-0.3, -0.25) is 9.59 Å². The molecular formula is C16H19F2NO4. The van der Waals surface area contributed by atoms with Crippen LogP contribution in [0, 0.1) is 11.8 Å². The SMILES string of the molecule is O=C(O)C1CCCC(C(=O)NCc2ccc(OC(F)F)cc2)C1. The number of hydrogen-bond donors (Lipinski definition) is 2. The highest BCUT2D eigenvalue weighted by molar-refractivity contribution is 5.80. The molecule has 7 heteroatoms. The quantitative estimate of drug-likeness (QED) is 0.842. The van der Waals surface area contributed by atoms with E-state index in [1.165, 1.54) is 12.1 Å². The van der Waals surface area contributed by atoms with Crippen LogP contribution in [0.3, 0.4) is 0 Å². The molecule has 1 aliphatic rings. The fraction of sp³-hybridized carbons (Fsp3) is 0.500. The van der Waals surface area contributed by atoms with Crippen LogP contribution in [0.25, 0.3) is 0 Å². The Bertz CT molecular complexity index is 548. The second kappa shape index (κ2) is 7.89. The molecule has 0 aliphatic heterocycles. The summed E-state index contributed by atoms with van der Waals surface area (Å²) in [6.45, 7) is -2.60. The minimum absolute atomic E-state index is 0.0617. The van der Waals surface area contributed by atoms with Crippen LogP contribution in [-0.4, -0.2) is 23.6 Å². The highest BCUT2D eigenvalue weighted by Gasteiger charge is 2.30. The highest BCUT2D eigenvalue weighted by Crippen LogP contribution is 2.29. The van der Waals surface area contributed by atoms with Gasteiger partial charge in [0.15, 0.2) is 0 Å². The van der Waals surface area contributed by atoms with Crippen LogP contribution in [0.4, 0.5) is 8.78 Å². The van der Waals surface area contributed by atoms with Gasteiger partial charge in [0.25, 0.3) is 0 Å². The van der Waals surface area contributed by atoms with E-state index in [9.17, 15) is 18.4 Å². The summed E-state index contributed by atoms with van der Waals surface area (Å²) in [5.41, 5.74) is 0.755. The largest absolute Gasteiger partial charge is 0.481 e. The number of benzene rings is 1. The number of carboxylic acid groups (broad SMARTS) is 1. The molecule has 1 amide bonds. The first-order chi connectivity index (χ1) is 11.0. The van der Waals surface area contributed by atoms with Gasteiger partial charge in [-0.25, -0.2) is 0 Å². The zero-order chi connectivity index (χ0) is 16.8. The zero-order valence-corrected chi connectivity index (χ0v) is 12.5. The summed E-state index contributed by atoms with van der Waals surface area (Å²) in [5, 5.41) is 11.8. The minimum atomic E-state index is -2.87. The Labute approximate surface area is 132 Å². The number of carbonyl (C=O) groups is 2. The van der Waals surface area contributed by atoms with E-state index >= 15 is 0 Å². The van der Waals surface area contributed by atoms with Crippen LogP contribution in [-0.2, 0) is 16.1 Å². The lowest BCUT2D eigenvalue weighted by molar-refractivity contribution is -0.144. The first-order valence-corrected chi connectivity index (χ1v) is 7.50. The van der Waals surface area contributed by atoms with Crippen LogP contribution >= 0.6 is 0 Å². The van der Waals surface area contributed by atoms with E-state index in [1.807, 2.05) is 0 Å². The molecular weight excluding hydrogens is 308 g/mol. The van der Waals surface area contributed by atoms with Crippen LogP contribution < -0.4 is 10.1 Å². The van der Waals surface area contributed by atoms with Crippen molar-refractivity contribution in [3.8, 4) is 5.75 Å². The standard InChI is InChI=1S/C16H19F2NO4/c17-16(18)23-13-6-4-10(5-7-13)9-19-14(20)11-2-1-3-12(8-11)15(21)22/h4-7,11-12,16H,1-3,8-9H2,(H,19,20)(H,21,22). The maximum Gasteiger partial charge on any atom is 0.387 e. The number of carboxylic acids is 1. The van der Waals surface area contributed by atoms with Gasteiger partial charge in [-0.1, -0.05) is 18.6 Å². The second-order valence-corrected chi connectivity index (χ2v) is 5.64. The molecule has 0 bridgehead atoms. The number of alkyl halides is 2. The Kier molecular flexibility index (Phi) is 5.90. The van der Waals surface area contributed by atoms with E-state index in [-0.39, 0.29) is 24.1 Å². The summed E-state index contributed by atoms with van der Waals surface area (Å²) in [6, 6.07) is 6.02. The molecule has 126 valence electrons. The Hall–Kier alpha value is -2.18. The van der Waals surface area contributed by atoms with Crippen LogP contribution in [0.1, 0.15) is 31.2 Å². The fourth-order valence-electron chi connectivity index (χ4n) is 2.77. The van der Waals surface area contributed by atoms with Gasteiger partial charge in [0.05, 0.1) is 5.92 Å². The number of aliphatic carboxylic acids is 1. The Morgan fingerprint density at radius 1 is 1.22 bits per heavy atom. The lowest BCUT2D eigenvalue weighted by Gasteiger charge is -2.25. The topological polar surface area (TPSA) is 75.6 Å². The predicted octanol–water partition coefficient (Wildman–Crippen LogP) is 2.80. The normalized spacial score (nSPS) is 21.0. The highest BCUT2D eigenvalue weighted by atomic mass is 19.3. The van der Waals surface area contributed by atoms with Crippen LogP contribution in [0.5, 0.6) is 5.75 Å². The molecule has 0 aromatic heterocycles. The van der Waals surface area contributed by atoms with Crippen molar-refractivity contribution in [1.82, 2.24) is 5.32 Å². The molecule has 0 spiro atoms. The van der Waals surface area contributed by atoms with Gasteiger partial charge in [-0.05, 0) is 37.0 Å². The molecule has 1 saturated carbocycles. The van der Waals surface area contributed by atoms with Gasteiger partial charge in [-0.2, -0.15) is 8.78 Å². The first-order valence-electron chi connectivity index (χ1n) is 7.50. The molecule has 2 unspecified atom stereocenters. The van der Waals surface area contributed by atoms with E-state index in [2.05, 4.69) is 10.1 Å². The smallest absolute Gasteiger partial charge is 0.387 e. The maximum atomic E-state index is 12.1. The van der Waals surface area contributed by atoms with E-state index in [4.69, 9.17) is 5.11 Å². The molecule has 1 aromatic rings. The van der Waals surface area contributed by atoms with Crippen molar-refractivity contribution in [2.24, 2.45) is 11.8 Å². The predicted molar refractivity (Wildman–Crippen MR) is 78.0 cm³/mol. The number of halogens is 2. The molecule has 1 aromatic carbocycles. The minimum Gasteiger partial charge on any atom is -0.481 e. The van der Waals surface area contributed by atoms with E-state index in [0.29, 0.717) is 19.3 Å². The van der Waals surface area contributed by atoms with Crippen LogP contribution in [0.2, 0.25) is 0 Å². The average molecular weight is 327 g/mol. The third kappa shape index (κ3) is 5.19. The summed E-state index contributed by atoms with van der Waals surface area (Å²) >= 11 is 0. The molecule has 0 saturated heterocycles. The third-order valence-corrected chi connectivity index (χ3v) is 4.01. The summed E-state index contributed by atoms with van der Waals surface area (Å²) < 4.78 is 28.3. The number of carbonyl (C=O) groups excluding carboxylic acids is 1. The number of nitrogens with one attached hydrogen (secondary N) is 1. The number of amides is 1. The Morgan fingerprint density at radius 2 is 1.87 bits per heavy atom. The fourth-order valence-corrected chi connectivity index (χ4v) is 2.77. The van der Waals surface area contributed by atoms with E-state index < -0.39 is 18.5 Å². The second-order valence-electron chi connectivity index (χ2n) is 5.64. The molecule has 2 atom stereocenters. The molecule has 23 heavy (non-hydrogen) atoms. The Balaban J connectivity index is 1.83. The van der Waals surface area contributed by atoms with Crippen molar-refractivity contribution in [2.45, 2.75) is 38.8 Å². The van der Waals surface area contributed by atoms with Crippen molar-refractivity contribution >= 4 is 11.9 Å². The number of ether oxygens (including phenoxy) is 1. The Morgan fingerprint density at radius 3 is 2.48 bits per heavy atom. The molecule has 0 heterocycles. The summed E-state index contributed by atoms with van der Waals surface area (Å²) in [5.74, 6) is -1.69. The molecule has 2 N–H and O–H groups in total.